The minimum absolute atomic E-state index is 0.0276. The van der Waals surface area contributed by atoms with Crippen molar-refractivity contribution < 1.29 is 14.1 Å². The van der Waals surface area contributed by atoms with Crippen LogP contribution in [0.25, 0.3) is 0 Å². The lowest BCUT2D eigenvalue weighted by molar-refractivity contribution is -0.919. The Hall–Kier alpha value is -2.07. The van der Waals surface area contributed by atoms with Crippen LogP contribution in [-0.2, 0) is 12.8 Å². The van der Waals surface area contributed by atoms with Crippen molar-refractivity contribution in [2.24, 2.45) is 0 Å². The molecule has 1 fully saturated rings. The third-order valence-corrected chi connectivity index (χ3v) is 5.45. The number of rotatable bonds is 5. The molecule has 4 heteroatoms. The Morgan fingerprint density at radius 3 is 2.75 bits per heavy atom. The monoisotopic (exact) mass is 325 g/mol. The standard InChI is InChI=1S/C20H24N2O2/c23-20(17-9-8-15-5-3-6-16(15)13-17)21-14-18(19-7-4-12-24-19)22-10-1-2-11-22/h4,7-9,12-13,18H,1-3,5-6,10-11,14H2,(H,21,23)/p+1/t18-/m0/s1. The SMILES string of the molecule is O=C(NC[C@@H](c1ccco1)[NH+]1CCCC1)c1ccc2c(c1)CCC2. The van der Waals surface area contributed by atoms with Crippen LogP contribution >= 0.6 is 0 Å². The number of fused-ring (bicyclic) bond motifs is 1. The van der Waals surface area contributed by atoms with E-state index in [1.807, 2.05) is 18.2 Å². The number of carbonyl (C=O) groups is 1. The van der Waals surface area contributed by atoms with Gasteiger partial charge in [-0.1, -0.05) is 6.07 Å². The highest BCUT2D eigenvalue weighted by molar-refractivity contribution is 5.94. The maximum absolute atomic E-state index is 12.6. The summed E-state index contributed by atoms with van der Waals surface area (Å²) in [6.45, 7) is 2.93. The first-order chi connectivity index (χ1) is 11.8. The molecule has 1 aliphatic heterocycles. The molecule has 0 spiro atoms. The number of carbonyl (C=O) groups excluding carboxylic acids is 1. The molecule has 126 valence electrons. The van der Waals surface area contributed by atoms with E-state index in [-0.39, 0.29) is 11.9 Å². The zero-order chi connectivity index (χ0) is 16.4. The summed E-state index contributed by atoms with van der Waals surface area (Å²) in [6, 6.07) is 10.3. The fourth-order valence-electron chi connectivity index (χ4n) is 4.12. The molecule has 4 nitrogen and oxygen atoms in total. The summed E-state index contributed by atoms with van der Waals surface area (Å²) in [5.74, 6) is 1.00. The van der Waals surface area contributed by atoms with Crippen molar-refractivity contribution in [2.75, 3.05) is 19.6 Å². The lowest BCUT2D eigenvalue weighted by Gasteiger charge is -2.23. The van der Waals surface area contributed by atoms with Gasteiger partial charge in [0.2, 0.25) is 0 Å². The summed E-state index contributed by atoms with van der Waals surface area (Å²) in [6.07, 6.45) is 7.69. The number of benzene rings is 1. The molecule has 0 radical (unpaired) electrons. The molecule has 0 unspecified atom stereocenters. The molecule has 1 aromatic heterocycles. The molecule has 2 heterocycles. The minimum atomic E-state index is 0.0276. The van der Waals surface area contributed by atoms with E-state index in [4.69, 9.17) is 4.42 Å². The fourth-order valence-corrected chi connectivity index (χ4v) is 4.12. The van der Waals surface area contributed by atoms with Crippen LogP contribution in [0, 0.1) is 0 Å². The van der Waals surface area contributed by atoms with E-state index >= 15 is 0 Å². The van der Waals surface area contributed by atoms with Crippen molar-refractivity contribution in [2.45, 2.75) is 38.1 Å². The second-order valence-corrected chi connectivity index (χ2v) is 6.98. The number of quaternary nitrogens is 1. The molecule has 2 aliphatic rings. The average Bonchev–Trinajstić information content (AvgIpc) is 3.36. The van der Waals surface area contributed by atoms with Crippen LogP contribution < -0.4 is 10.2 Å². The molecular weight excluding hydrogens is 300 g/mol. The van der Waals surface area contributed by atoms with Crippen LogP contribution in [0.5, 0.6) is 0 Å². The van der Waals surface area contributed by atoms with Crippen LogP contribution in [-0.4, -0.2) is 25.5 Å². The summed E-state index contributed by atoms with van der Waals surface area (Å²) >= 11 is 0. The van der Waals surface area contributed by atoms with Crippen molar-refractivity contribution in [1.29, 1.82) is 0 Å². The van der Waals surface area contributed by atoms with Gasteiger partial charge < -0.3 is 14.6 Å². The second-order valence-electron chi connectivity index (χ2n) is 6.98. The Morgan fingerprint density at radius 2 is 1.96 bits per heavy atom. The first-order valence-electron chi connectivity index (χ1n) is 9.09. The summed E-state index contributed by atoms with van der Waals surface area (Å²) in [5, 5.41) is 3.14. The Morgan fingerprint density at radius 1 is 1.12 bits per heavy atom. The molecule has 1 saturated heterocycles. The molecule has 1 amide bonds. The van der Waals surface area contributed by atoms with Gasteiger partial charge >= 0.3 is 0 Å². The van der Waals surface area contributed by atoms with Crippen molar-refractivity contribution >= 4 is 5.91 Å². The number of hydrogen-bond donors (Lipinski definition) is 2. The average molecular weight is 325 g/mol. The number of amides is 1. The smallest absolute Gasteiger partial charge is 0.251 e. The van der Waals surface area contributed by atoms with E-state index < -0.39 is 0 Å². The van der Waals surface area contributed by atoms with Gasteiger partial charge in [0.05, 0.1) is 25.9 Å². The van der Waals surface area contributed by atoms with Crippen LogP contribution in [0.3, 0.4) is 0 Å². The van der Waals surface area contributed by atoms with E-state index in [0.29, 0.717) is 6.54 Å². The van der Waals surface area contributed by atoms with Crippen molar-refractivity contribution in [3.05, 3.63) is 59.0 Å². The second kappa shape index (κ2) is 6.81. The number of furan rings is 1. The third-order valence-electron chi connectivity index (χ3n) is 5.45. The van der Waals surface area contributed by atoms with E-state index in [0.717, 1.165) is 37.3 Å². The normalized spacial score (nSPS) is 18.5. The number of nitrogens with one attached hydrogen (secondary N) is 2. The molecule has 1 atom stereocenters. The molecule has 4 rings (SSSR count). The Labute approximate surface area is 142 Å². The highest BCUT2D eigenvalue weighted by Crippen LogP contribution is 2.22. The van der Waals surface area contributed by atoms with Gasteiger partial charge in [-0.05, 0) is 54.7 Å². The highest BCUT2D eigenvalue weighted by atomic mass is 16.3. The maximum Gasteiger partial charge on any atom is 0.251 e. The zero-order valence-electron chi connectivity index (χ0n) is 14.0. The minimum Gasteiger partial charge on any atom is -0.463 e. The van der Waals surface area contributed by atoms with Gasteiger partial charge in [0.15, 0.2) is 11.8 Å². The molecule has 24 heavy (non-hydrogen) atoms. The number of hydrogen-bond acceptors (Lipinski definition) is 2. The predicted molar refractivity (Wildman–Crippen MR) is 92.2 cm³/mol. The number of likely N-dealkylation sites (tertiary alicyclic amines) is 1. The molecular formula is C20H25N2O2+. The largest absolute Gasteiger partial charge is 0.463 e. The predicted octanol–water partition coefficient (Wildman–Crippen LogP) is 1.92. The Bertz CT molecular complexity index is 702. The zero-order valence-corrected chi connectivity index (χ0v) is 14.0. The maximum atomic E-state index is 12.6. The van der Waals surface area contributed by atoms with E-state index in [9.17, 15) is 4.79 Å². The van der Waals surface area contributed by atoms with Gasteiger partial charge in [0.25, 0.3) is 5.91 Å². The quantitative estimate of drug-likeness (QED) is 0.882. The van der Waals surface area contributed by atoms with Gasteiger partial charge in [0, 0.05) is 18.4 Å². The van der Waals surface area contributed by atoms with Crippen molar-refractivity contribution in [1.82, 2.24) is 5.32 Å². The van der Waals surface area contributed by atoms with Crippen LogP contribution in [0.4, 0.5) is 0 Å². The fraction of sp³-hybridized carbons (Fsp3) is 0.450. The molecule has 0 bridgehead atoms. The molecule has 0 saturated carbocycles. The van der Waals surface area contributed by atoms with Crippen molar-refractivity contribution in [3.63, 3.8) is 0 Å². The lowest BCUT2D eigenvalue weighted by atomic mass is 10.1. The van der Waals surface area contributed by atoms with Gasteiger partial charge in [0.1, 0.15) is 0 Å². The first-order valence-corrected chi connectivity index (χ1v) is 9.09. The summed E-state index contributed by atoms with van der Waals surface area (Å²) in [5.41, 5.74) is 3.53. The first kappa shape index (κ1) is 15.5. The highest BCUT2D eigenvalue weighted by Gasteiger charge is 2.29. The van der Waals surface area contributed by atoms with Crippen LogP contribution in [0.15, 0.2) is 41.0 Å². The van der Waals surface area contributed by atoms with Gasteiger partial charge in [-0.15, -0.1) is 0 Å². The van der Waals surface area contributed by atoms with E-state index in [2.05, 4.69) is 17.4 Å². The van der Waals surface area contributed by atoms with E-state index in [1.54, 1.807) is 6.26 Å². The topological polar surface area (TPSA) is 46.7 Å². The van der Waals surface area contributed by atoms with Crippen molar-refractivity contribution in [3.8, 4) is 0 Å². The molecule has 2 N–H and O–H groups in total. The Kier molecular flexibility index (Phi) is 4.39. The molecule has 1 aromatic carbocycles. The number of aryl methyl sites for hydroxylation is 2. The third kappa shape index (κ3) is 3.11. The van der Waals surface area contributed by atoms with Crippen LogP contribution in [0.1, 0.15) is 52.5 Å². The summed E-state index contributed by atoms with van der Waals surface area (Å²) in [4.78, 5) is 14.1. The summed E-state index contributed by atoms with van der Waals surface area (Å²) < 4.78 is 5.63. The van der Waals surface area contributed by atoms with Crippen LogP contribution in [0.2, 0.25) is 0 Å². The van der Waals surface area contributed by atoms with Gasteiger partial charge in [-0.25, -0.2) is 0 Å². The summed E-state index contributed by atoms with van der Waals surface area (Å²) in [7, 11) is 0. The molecule has 1 aliphatic carbocycles. The van der Waals surface area contributed by atoms with E-state index in [1.165, 1.54) is 35.3 Å². The van der Waals surface area contributed by atoms with Gasteiger partial charge in [-0.3, -0.25) is 4.79 Å². The van der Waals surface area contributed by atoms with Gasteiger partial charge in [-0.2, -0.15) is 0 Å². The lowest BCUT2D eigenvalue weighted by Crippen LogP contribution is -3.11. The Balaban J connectivity index is 1.44. The molecule has 2 aromatic rings.